The van der Waals surface area contributed by atoms with Crippen LogP contribution in [0, 0.1) is 5.82 Å². The maximum Gasteiger partial charge on any atom is 0.189 e. The Morgan fingerprint density at radius 1 is 1.08 bits per heavy atom. The van der Waals surface area contributed by atoms with Gasteiger partial charge < -0.3 is 9.80 Å². The summed E-state index contributed by atoms with van der Waals surface area (Å²) < 4.78 is 13.0. The van der Waals surface area contributed by atoms with Crippen LogP contribution >= 0.6 is 0 Å². The summed E-state index contributed by atoms with van der Waals surface area (Å²) in [7, 11) is 2.15. The Kier molecular flexibility index (Phi) is 4.55. The quantitative estimate of drug-likeness (QED) is 0.779. The van der Waals surface area contributed by atoms with Gasteiger partial charge in [0.2, 0.25) is 0 Å². The first-order valence-corrected chi connectivity index (χ1v) is 9.03. The summed E-state index contributed by atoms with van der Waals surface area (Å²) in [4.78, 5) is 21.6. The molecule has 2 heterocycles. The molecule has 2 aromatic rings. The molecule has 4 rings (SSSR count). The molecule has 0 N–H and O–H groups in total. The number of fused-ring (bicyclic) bond motifs is 1. The number of Topliss-reactive ketones (excluding diaryl/α,β-unsaturated/α-hetero) is 1. The Morgan fingerprint density at radius 2 is 1.88 bits per heavy atom. The summed E-state index contributed by atoms with van der Waals surface area (Å²) in [6, 6.07) is 9.15. The van der Waals surface area contributed by atoms with Gasteiger partial charge in [0.15, 0.2) is 5.78 Å². The van der Waals surface area contributed by atoms with E-state index < -0.39 is 0 Å². The third-order valence-electron chi connectivity index (χ3n) is 5.23. The molecule has 1 fully saturated rings. The molecule has 0 atom stereocenters. The van der Waals surface area contributed by atoms with Crippen LogP contribution in [0.2, 0.25) is 0 Å². The van der Waals surface area contributed by atoms with Crippen molar-refractivity contribution in [2.45, 2.75) is 12.8 Å². The van der Waals surface area contributed by atoms with Crippen molar-refractivity contribution in [1.82, 2.24) is 9.88 Å². The lowest BCUT2D eigenvalue weighted by atomic mass is 9.86. The first-order valence-electron chi connectivity index (χ1n) is 9.03. The second-order valence-corrected chi connectivity index (χ2v) is 7.03. The number of carbonyl (C=O) groups excluding carboxylic acids is 1. The van der Waals surface area contributed by atoms with E-state index in [1.165, 1.54) is 18.0 Å². The van der Waals surface area contributed by atoms with E-state index in [0.717, 1.165) is 49.3 Å². The average Bonchev–Trinajstić information content (AvgIpc) is 2.66. The summed E-state index contributed by atoms with van der Waals surface area (Å²) >= 11 is 0. The molecule has 26 heavy (non-hydrogen) atoms. The van der Waals surface area contributed by atoms with Gasteiger partial charge in [-0.1, -0.05) is 0 Å². The van der Waals surface area contributed by atoms with Gasteiger partial charge in [-0.05, 0) is 61.9 Å². The van der Waals surface area contributed by atoms with Crippen molar-refractivity contribution < 1.29 is 9.18 Å². The summed E-state index contributed by atoms with van der Waals surface area (Å²) in [6.07, 6.45) is 4.49. The number of pyridine rings is 1. The highest BCUT2D eigenvalue weighted by atomic mass is 19.1. The number of likely N-dealkylation sites (N-methyl/N-ethyl adjacent to an activating group) is 1. The number of hydrogen-bond donors (Lipinski definition) is 0. The zero-order chi connectivity index (χ0) is 18.1. The number of rotatable bonds is 2. The molecule has 0 radical (unpaired) electrons. The molecule has 2 aliphatic rings. The lowest BCUT2D eigenvalue weighted by Crippen LogP contribution is -2.44. The fourth-order valence-corrected chi connectivity index (χ4v) is 3.61. The zero-order valence-corrected chi connectivity index (χ0v) is 14.9. The Balaban J connectivity index is 1.56. The molecule has 1 aliphatic carbocycles. The first kappa shape index (κ1) is 16.9. The van der Waals surface area contributed by atoms with Gasteiger partial charge in [0, 0.05) is 43.0 Å². The molecule has 0 bridgehead atoms. The van der Waals surface area contributed by atoms with Gasteiger partial charge in [-0.25, -0.2) is 4.39 Å². The smallest absolute Gasteiger partial charge is 0.189 e. The zero-order valence-electron chi connectivity index (χ0n) is 14.9. The SMILES string of the molecule is CN1CCN(c2ccc3c(c2)CC/C(=C\c2ccc(F)cn2)C3=O)CC1. The van der Waals surface area contributed by atoms with Crippen LogP contribution in [-0.2, 0) is 6.42 Å². The van der Waals surface area contributed by atoms with Gasteiger partial charge in [0.25, 0.3) is 0 Å². The van der Waals surface area contributed by atoms with Gasteiger partial charge in [0.05, 0.1) is 11.9 Å². The van der Waals surface area contributed by atoms with Gasteiger partial charge in [-0.15, -0.1) is 0 Å². The van der Waals surface area contributed by atoms with E-state index in [4.69, 9.17) is 0 Å². The van der Waals surface area contributed by atoms with Gasteiger partial charge >= 0.3 is 0 Å². The second-order valence-electron chi connectivity index (χ2n) is 7.03. The van der Waals surface area contributed by atoms with Crippen LogP contribution in [0.1, 0.15) is 28.0 Å². The number of aromatic nitrogens is 1. The van der Waals surface area contributed by atoms with Crippen LogP contribution in [0.15, 0.2) is 42.1 Å². The van der Waals surface area contributed by atoms with Crippen molar-refractivity contribution in [2.24, 2.45) is 0 Å². The van der Waals surface area contributed by atoms with Crippen molar-refractivity contribution in [1.29, 1.82) is 0 Å². The highest BCUT2D eigenvalue weighted by molar-refractivity contribution is 6.13. The first-order chi connectivity index (χ1) is 12.6. The van der Waals surface area contributed by atoms with Crippen molar-refractivity contribution in [3.63, 3.8) is 0 Å². The van der Waals surface area contributed by atoms with Crippen LogP contribution in [0.4, 0.5) is 10.1 Å². The van der Waals surface area contributed by atoms with Crippen LogP contribution in [-0.4, -0.2) is 48.9 Å². The fraction of sp³-hybridized carbons (Fsp3) is 0.333. The molecule has 1 saturated heterocycles. The van der Waals surface area contributed by atoms with Crippen molar-refractivity contribution in [3.05, 3.63) is 64.7 Å². The molecular weight excluding hydrogens is 329 g/mol. The highest BCUT2D eigenvalue weighted by Gasteiger charge is 2.23. The van der Waals surface area contributed by atoms with Crippen molar-refractivity contribution in [2.75, 3.05) is 38.1 Å². The predicted octanol–water partition coefficient (Wildman–Crippen LogP) is 3.19. The van der Waals surface area contributed by atoms with Crippen LogP contribution < -0.4 is 4.90 Å². The third-order valence-corrected chi connectivity index (χ3v) is 5.23. The molecule has 4 nitrogen and oxygen atoms in total. The minimum Gasteiger partial charge on any atom is -0.369 e. The molecular formula is C21H22FN3O. The lowest BCUT2D eigenvalue weighted by molar-refractivity contribution is 0.102. The van der Waals surface area contributed by atoms with Crippen LogP contribution in [0.25, 0.3) is 6.08 Å². The Hall–Kier alpha value is -2.53. The lowest BCUT2D eigenvalue weighted by Gasteiger charge is -2.34. The highest BCUT2D eigenvalue weighted by Crippen LogP contribution is 2.30. The molecule has 1 aromatic carbocycles. The Morgan fingerprint density at radius 3 is 2.62 bits per heavy atom. The number of allylic oxidation sites excluding steroid dienone is 1. The molecule has 5 heteroatoms. The van der Waals surface area contributed by atoms with E-state index in [1.54, 1.807) is 12.1 Å². The van der Waals surface area contributed by atoms with E-state index in [9.17, 15) is 9.18 Å². The topological polar surface area (TPSA) is 36.4 Å². The number of hydrogen-bond acceptors (Lipinski definition) is 4. The predicted molar refractivity (Wildman–Crippen MR) is 101 cm³/mol. The Bertz CT molecular complexity index is 852. The summed E-state index contributed by atoms with van der Waals surface area (Å²) in [6.45, 7) is 4.16. The summed E-state index contributed by atoms with van der Waals surface area (Å²) in [5.74, 6) is -0.314. The van der Waals surface area contributed by atoms with Gasteiger partial charge in [0.1, 0.15) is 5.82 Å². The number of anilines is 1. The number of carbonyl (C=O) groups is 1. The second kappa shape index (κ2) is 7.00. The maximum atomic E-state index is 13.0. The van der Waals surface area contributed by atoms with Crippen molar-refractivity contribution >= 4 is 17.5 Å². The van der Waals surface area contributed by atoms with E-state index >= 15 is 0 Å². The molecule has 1 aromatic heterocycles. The number of aryl methyl sites for hydroxylation is 1. The minimum absolute atomic E-state index is 0.0577. The normalized spacial score (nSPS) is 19.7. The summed E-state index contributed by atoms with van der Waals surface area (Å²) in [5.41, 5.74) is 4.46. The number of ketones is 1. The molecule has 0 saturated carbocycles. The number of halogens is 1. The molecule has 0 unspecified atom stereocenters. The van der Waals surface area contributed by atoms with Gasteiger partial charge in [-0.2, -0.15) is 0 Å². The molecule has 0 spiro atoms. The van der Waals surface area contributed by atoms with Crippen LogP contribution in [0.5, 0.6) is 0 Å². The largest absolute Gasteiger partial charge is 0.369 e. The average molecular weight is 351 g/mol. The third kappa shape index (κ3) is 3.40. The van der Waals surface area contributed by atoms with E-state index in [2.05, 4.69) is 34.0 Å². The molecule has 0 amide bonds. The minimum atomic E-state index is -0.371. The standard InChI is InChI=1S/C21H22FN3O/c1-24-8-10-25(11-9-24)19-6-7-20-15(13-19)2-3-16(21(20)26)12-18-5-4-17(22)14-23-18/h4-7,12-14H,2-3,8-11H2,1H3/b16-12+. The Labute approximate surface area is 153 Å². The van der Waals surface area contributed by atoms with Crippen molar-refractivity contribution in [3.8, 4) is 0 Å². The van der Waals surface area contributed by atoms with E-state index in [-0.39, 0.29) is 11.6 Å². The number of piperazine rings is 1. The molecule has 134 valence electrons. The summed E-state index contributed by atoms with van der Waals surface area (Å²) in [5, 5.41) is 0. The number of benzene rings is 1. The fourth-order valence-electron chi connectivity index (χ4n) is 3.61. The van der Waals surface area contributed by atoms with E-state index in [1.807, 2.05) is 6.07 Å². The molecule has 1 aliphatic heterocycles. The van der Waals surface area contributed by atoms with Gasteiger partial charge in [-0.3, -0.25) is 9.78 Å². The monoisotopic (exact) mass is 351 g/mol. The maximum absolute atomic E-state index is 13.0. The van der Waals surface area contributed by atoms with Crippen LogP contribution in [0.3, 0.4) is 0 Å². The number of nitrogens with zero attached hydrogens (tertiary/aromatic N) is 3. The van der Waals surface area contributed by atoms with E-state index in [0.29, 0.717) is 12.1 Å².